The van der Waals surface area contributed by atoms with Gasteiger partial charge in [0.25, 0.3) is 0 Å². The summed E-state index contributed by atoms with van der Waals surface area (Å²) in [5, 5.41) is 3.95. The Morgan fingerprint density at radius 2 is 1.96 bits per heavy atom. The summed E-state index contributed by atoms with van der Waals surface area (Å²) in [6.45, 7) is 1.92. The van der Waals surface area contributed by atoms with E-state index in [-0.39, 0.29) is 22.2 Å². The molecule has 146 valence electrons. The van der Waals surface area contributed by atoms with Gasteiger partial charge < -0.3 is 5.32 Å². The minimum absolute atomic E-state index is 0.0781. The van der Waals surface area contributed by atoms with E-state index < -0.39 is 9.84 Å². The van der Waals surface area contributed by atoms with Gasteiger partial charge in [-0.15, -0.1) is 0 Å². The van der Waals surface area contributed by atoms with Gasteiger partial charge >= 0.3 is 0 Å². The van der Waals surface area contributed by atoms with E-state index in [9.17, 15) is 13.2 Å². The summed E-state index contributed by atoms with van der Waals surface area (Å²) in [6, 6.07) is 11.9. The normalized spacial score (nSPS) is 11.4. The highest BCUT2D eigenvalue weighted by molar-refractivity contribution is 7.99. The van der Waals surface area contributed by atoms with Gasteiger partial charge in [0.15, 0.2) is 15.0 Å². The average Bonchev–Trinajstić information content (AvgIpc) is 3.10. The quantitative estimate of drug-likeness (QED) is 0.592. The Morgan fingerprint density at radius 1 is 1.21 bits per heavy atom. The Labute approximate surface area is 172 Å². The van der Waals surface area contributed by atoms with Crippen LogP contribution in [-0.2, 0) is 14.6 Å². The van der Waals surface area contributed by atoms with E-state index in [1.165, 1.54) is 17.8 Å². The van der Waals surface area contributed by atoms with Gasteiger partial charge in [-0.05, 0) is 36.8 Å². The molecule has 0 spiro atoms. The lowest BCUT2D eigenvalue weighted by Gasteiger charge is -2.12. The third-order valence-electron chi connectivity index (χ3n) is 4.00. The van der Waals surface area contributed by atoms with Gasteiger partial charge in [0.1, 0.15) is 0 Å². The lowest BCUT2D eigenvalue weighted by molar-refractivity contribution is -0.113. The highest BCUT2D eigenvalue weighted by Gasteiger charge is 2.16. The molecule has 3 rings (SSSR count). The molecule has 6 nitrogen and oxygen atoms in total. The maximum atomic E-state index is 12.4. The zero-order valence-corrected chi connectivity index (χ0v) is 17.6. The highest BCUT2D eigenvalue weighted by atomic mass is 35.5. The molecule has 9 heteroatoms. The fourth-order valence-electron chi connectivity index (χ4n) is 2.65. The molecule has 0 fully saturated rings. The number of nitrogens with zero attached hydrogens (tertiary/aromatic N) is 2. The molecule has 0 aliphatic carbocycles. The highest BCUT2D eigenvalue weighted by Crippen LogP contribution is 2.27. The second-order valence-corrected chi connectivity index (χ2v) is 9.40. The van der Waals surface area contributed by atoms with E-state index in [0.29, 0.717) is 10.2 Å². The predicted molar refractivity (Wildman–Crippen MR) is 112 cm³/mol. The molecule has 0 atom stereocenters. The number of anilines is 1. The van der Waals surface area contributed by atoms with E-state index in [1.54, 1.807) is 30.6 Å². The summed E-state index contributed by atoms with van der Waals surface area (Å²) in [5.74, 6) is -0.243. The number of benzene rings is 2. The lowest BCUT2D eigenvalue weighted by Crippen LogP contribution is -2.16. The number of aromatic nitrogens is 2. The first-order valence-electron chi connectivity index (χ1n) is 8.28. The first-order chi connectivity index (χ1) is 13.3. The number of rotatable bonds is 6. The summed E-state index contributed by atoms with van der Waals surface area (Å²) in [4.78, 5) is 16.8. The molecular formula is C19H18ClN3O3S2. The van der Waals surface area contributed by atoms with Crippen molar-refractivity contribution in [2.75, 3.05) is 17.3 Å². The van der Waals surface area contributed by atoms with Gasteiger partial charge in [-0.25, -0.2) is 13.4 Å². The van der Waals surface area contributed by atoms with Crippen molar-refractivity contribution in [3.05, 3.63) is 65.4 Å². The predicted octanol–water partition coefficient (Wildman–Crippen LogP) is 3.97. The van der Waals surface area contributed by atoms with Crippen LogP contribution in [0, 0.1) is 6.92 Å². The number of nitrogens with one attached hydrogen (secondary N) is 1. The van der Waals surface area contributed by atoms with Gasteiger partial charge in [0, 0.05) is 23.7 Å². The first-order valence-corrected chi connectivity index (χ1v) is 11.5. The van der Waals surface area contributed by atoms with E-state index in [2.05, 4.69) is 10.3 Å². The summed E-state index contributed by atoms with van der Waals surface area (Å²) >= 11 is 7.45. The fraction of sp³-hybridized carbons (Fsp3) is 0.158. The van der Waals surface area contributed by atoms with E-state index in [0.717, 1.165) is 17.5 Å². The van der Waals surface area contributed by atoms with Crippen molar-refractivity contribution in [3.8, 4) is 5.69 Å². The molecule has 1 amide bonds. The number of sulfone groups is 1. The van der Waals surface area contributed by atoms with E-state index >= 15 is 0 Å². The van der Waals surface area contributed by atoms with Crippen molar-refractivity contribution in [2.24, 2.45) is 0 Å². The molecule has 1 heterocycles. The molecule has 1 N–H and O–H groups in total. The number of para-hydroxylation sites is 1. The maximum absolute atomic E-state index is 12.4. The maximum Gasteiger partial charge on any atom is 0.234 e. The summed E-state index contributed by atoms with van der Waals surface area (Å²) in [5.41, 5.74) is 2.07. The molecule has 28 heavy (non-hydrogen) atoms. The molecule has 3 aromatic rings. The van der Waals surface area contributed by atoms with Crippen molar-refractivity contribution >= 4 is 44.8 Å². The number of hydrogen-bond acceptors (Lipinski definition) is 5. The number of halogens is 1. The molecule has 0 radical (unpaired) electrons. The van der Waals surface area contributed by atoms with Crippen LogP contribution in [0.15, 0.2) is 64.9 Å². The number of amides is 1. The van der Waals surface area contributed by atoms with E-state index in [4.69, 9.17) is 11.6 Å². The molecule has 0 saturated heterocycles. The summed E-state index contributed by atoms with van der Waals surface area (Å²) in [6.07, 6.45) is 4.56. The molecule has 2 aromatic carbocycles. The Hall–Kier alpha value is -2.29. The number of thioether (sulfide) groups is 1. The number of carbonyl (C=O) groups excluding carboxylic acids is 1. The van der Waals surface area contributed by atoms with Crippen molar-refractivity contribution in [1.82, 2.24) is 9.55 Å². The van der Waals surface area contributed by atoms with Crippen LogP contribution < -0.4 is 5.32 Å². The summed E-state index contributed by atoms with van der Waals surface area (Å²) < 4.78 is 25.6. The minimum Gasteiger partial charge on any atom is -0.324 e. The fourth-order valence-corrected chi connectivity index (χ4v) is 4.43. The van der Waals surface area contributed by atoms with Gasteiger partial charge in [-0.1, -0.05) is 41.6 Å². The standard InChI is InChI=1S/C19H18ClN3O3S2/c1-13-14(20)6-5-8-16(13)23-11-10-21-19(23)27-12-18(24)22-15-7-3-4-9-17(15)28(2,25)26/h3-11H,12H2,1-2H3,(H,22,24). The number of carbonyl (C=O) groups is 1. The van der Waals surface area contributed by atoms with Gasteiger partial charge in [0.2, 0.25) is 5.91 Å². The van der Waals surface area contributed by atoms with Crippen molar-refractivity contribution < 1.29 is 13.2 Å². The Bertz CT molecular complexity index is 1130. The number of hydrogen-bond donors (Lipinski definition) is 1. The zero-order chi connectivity index (χ0) is 20.3. The van der Waals surface area contributed by atoms with Crippen molar-refractivity contribution in [2.45, 2.75) is 17.0 Å². The smallest absolute Gasteiger partial charge is 0.234 e. The van der Waals surface area contributed by atoms with Crippen LogP contribution in [0.1, 0.15) is 5.56 Å². The van der Waals surface area contributed by atoms with Crippen LogP contribution in [0.5, 0.6) is 0 Å². The molecule has 0 aliphatic heterocycles. The van der Waals surface area contributed by atoms with Crippen LogP contribution in [0.2, 0.25) is 5.02 Å². The Balaban J connectivity index is 1.74. The molecule has 0 aliphatic rings. The first kappa shape index (κ1) is 20.4. The largest absolute Gasteiger partial charge is 0.324 e. The third-order valence-corrected chi connectivity index (χ3v) is 6.53. The van der Waals surface area contributed by atoms with Crippen LogP contribution in [-0.4, -0.2) is 35.9 Å². The average molecular weight is 436 g/mol. The van der Waals surface area contributed by atoms with Gasteiger partial charge in [0.05, 0.1) is 22.0 Å². The molecular weight excluding hydrogens is 418 g/mol. The van der Waals surface area contributed by atoms with Crippen LogP contribution in [0.3, 0.4) is 0 Å². The van der Waals surface area contributed by atoms with Gasteiger partial charge in [-0.3, -0.25) is 9.36 Å². The lowest BCUT2D eigenvalue weighted by atomic mass is 10.2. The summed E-state index contributed by atoms with van der Waals surface area (Å²) in [7, 11) is -3.44. The van der Waals surface area contributed by atoms with E-state index in [1.807, 2.05) is 29.7 Å². The number of imidazole rings is 1. The third kappa shape index (κ3) is 4.57. The SMILES string of the molecule is Cc1c(Cl)cccc1-n1ccnc1SCC(=O)Nc1ccccc1S(C)(=O)=O. The Kier molecular flexibility index (Phi) is 6.12. The molecule has 0 saturated carbocycles. The second-order valence-electron chi connectivity index (χ2n) is 6.07. The van der Waals surface area contributed by atoms with Crippen LogP contribution >= 0.6 is 23.4 Å². The zero-order valence-electron chi connectivity index (χ0n) is 15.2. The second kappa shape index (κ2) is 8.38. The van der Waals surface area contributed by atoms with Crippen molar-refractivity contribution in [3.63, 3.8) is 0 Å². The topological polar surface area (TPSA) is 81.1 Å². The van der Waals surface area contributed by atoms with Gasteiger partial charge in [-0.2, -0.15) is 0 Å². The molecule has 0 unspecified atom stereocenters. The van der Waals surface area contributed by atoms with Crippen LogP contribution in [0.4, 0.5) is 5.69 Å². The Morgan fingerprint density at radius 3 is 2.71 bits per heavy atom. The molecule has 0 bridgehead atoms. The minimum atomic E-state index is -3.44. The molecule has 1 aromatic heterocycles. The van der Waals surface area contributed by atoms with Crippen molar-refractivity contribution in [1.29, 1.82) is 0 Å². The van der Waals surface area contributed by atoms with Crippen LogP contribution in [0.25, 0.3) is 5.69 Å². The monoisotopic (exact) mass is 435 g/mol.